The van der Waals surface area contributed by atoms with Gasteiger partial charge in [-0.2, -0.15) is 13.2 Å². The minimum Gasteiger partial charge on any atom is -0.484 e. The highest BCUT2D eigenvalue weighted by molar-refractivity contribution is 5.54. The highest BCUT2D eigenvalue weighted by Crippen LogP contribution is 2.27. The van der Waals surface area contributed by atoms with Crippen molar-refractivity contribution in [3.8, 4) is 5.75 Å². The molecule has 7 heteroatoms. The van der Waals surface area contributed by atoms with Crippen molar-refractivity contribution in [2.45, 2.75) is 32.1 Å². The Kier molecular flexibility index (Phi) is 6.21. The smallest absolute Gasteiger partial charge is 0.422 e. The molecular weight excluding hydrogens is 360 g/mol. The average Bonchev–Trinajstić information content (AvgIpc) is 3.16. The van der Waals surface area contributed by atoms with Gasteiger partial charge >= 0.3 is 6.18 Å². The maximum Gasteiger partial charge on any atom is 0.422 e. The van der Waals surface area contributed by atoms with Gasteiger partial charge in [-0.3, -0.25) is 0 Å². The molecule has 0 radical (unpaired) electrons. The van der Waals surface area contributed by atoms with Crippen LogP contribution < -0.4 is 15.0 Å². The van der Waals surface area contributed by atoms with Crippen molar-refractivity contribution < 1.29 is 22.3 Å². The van der Waals surface area contributed by atoms with Crippen LogP contribution in [0.15, 0.2) is 42.5 Å². The second-order valence-corrected chi connectivity index (χ2v) is 6.59. The van der Waals surface area contributed by atoms with Crippen molar-refractivity contribution >= 4 is 5.69 Å². The molecule has 146 valence electrons. The van der Waals surface area contributed by atoms with Crippen LogP contribution in [0.25, 0.3) is 0 Å². The van der Waals surface area contributed by atoms with Gasteiger partial charge in [0.2, 0.25) is 0 Å². The number of nitrogens with zero attached hydrogens (tertiary/aromatic N) is 1. The summed E-state index contributed by atoms with van der Waals surface area (Å²) in [6.07, 6.45) is -2.16. The summed E-state index contributed by atoms with van der Waals surface area (Å²) in [4.78, 5) is 2.19. The number of hydrogen-bond acceptors (Lipinski definition) is 3. The second kappa shape index (κ2) is 8.61. The minimum atomic E-state index is -4.37. The molecular formula is C20H22F4N2O. The van der Waals surface area contributed by atoms with E-state index in [2.05, 4.69) is 10.2 Å². The number of ether oxygens (including phenoxy) is 1. The lowest BCUT2D eigenvalue weighted by atomic mass is 10.1. The molecule has 0 spiro atoms. The van der Waals surface area contributed by atoms with Crippen LogP contribution in [-0.4, -0.2) is 25.9 Å². The molecule has 3 rings (SSSR count). The second-order valence-electron chi connectivity index (χ2n) is 6.59. The first-order chi connectivity index (χ1) is 12.9. The molecule has 1 aliphatic heterocycles. The van der Waals surface area contributed by atoms with Gasteiger partial charge in [-0.15, -0.1) is 0 Å². The summed E-state index contributed by atoms with van der Waals surface area (Å²) >= 11 is 0. The SMILES string of the molecule is Fc1cccc(N2CCCC2)c1CNCc1cccc(OCC(F)(F)F)c1. The van der Waals surface area contributed by atoms with E-state index in [1.165, 1.54) is 12.1 Å². The Morgan fingerprint density at radius 2 is 1.74 bits per heavy atom. The van der Waals surface area contributed by atoms with Gasteiger partial charge in [0, 0.05) is 37.4 Å². The van der Waals surface area contributed by atoms with Crippen LogP contribution in [0.3, 0.4) is 0 Å². The monoisotopic (exact) mass is 382 g/mol. The fourth-order valence-corrected chi connectivity index (χ4v) is 3.22. The summed E-state index contributed by atoms with van der Waals surface area (Å²) in [5.41, 5.74) is 2.29. The zero-order valence-corrected chi connectivity index (χ0v) is 14.9. The third-order valence-corrected chi connectivity index (χ3v) is 4.47. The molecule has 0 amide bonds. The first-order valence-corrected chi connectivity index (χ1v) is 8.94. The third kappa shape index (κ3) is 5.60. The van der Waals surface area contributed by atoms with Gasteiger partial charge in [0.05, 0.1) is 0 Å². The lowest BCUT2D eigenvalue weighted by Gasteiger charge is -2.22. The maximum absolute atomic E-state index is 14.3. The van der Waals surface area contributed by atoms with Gasteiger partial charge in [-0.1, -0.05) is 18.2 Å². The molecule has 27 heavy (non-hydrogen) atoms. The first kappa shape index (κ1) is 19.5. The molecule has 1 fully saturated rings. The van der Waals surface area contributed by atoms with E-state index in [1.54, 1.807) is 24.3 Å². The standard InChI is InChI=1S/C20H22F4N2O/c21-18-7-4-8-19(26-9-1-2-10-26)17(18)13-25-12-15-5-3-6-16(11-15)27-14-20(22,23)24/h3-8,11,25H,1-2,9-10,12-14H2. The van der Waals surface area contributed by atoms with E-state index in [0.29, 0.717) is 18.7 Å². The Labute approximate surface area is 155 Å². The molecule has 0 unspecified atom stereocenters. The van der Waals surface area contributed by atoms with E-state index in [-0.39, 0.29) is 11.6 Å². The minimum absolute atomic E-state index is 0.162. The molecule has 1 heterocycles. The predicted molar refractivity (Wildman–Crippen MR) is 96.4 cm³/mol. The van der Waals surface area contributed by atoms with Gasteiger partial charge in [-0.05, 0) is 42.7 Å². The quantitative estimate of drug-likeness (QED) is 0.705. The molecule has 1 N–H and O–H groups in total. The lowest BCUT2D eigenvalue weighted by molar-refractivity contribution is -0.153. The maximum atomic E-state index is 14.3. The fraction of sp³-hybridized carbons (Fsp3) is 0.400. The predicted octanol–water partition coefficient (Wildman–Crippen LogP) is 4.66. The van der Waals surface area contributed by atoms with Crippen molar-refractivity contribution in [2.75, 3.05) is 24.6 Å². The van der Waals surface area contributed by atoms with Crippen LogP contribution in [0.4, 0.5) is 23.2 Å². The Morgan fingerprint density at radius 3 is 2.48 bits per heavy atom. The molecule has 3 nitrogen and oxygen atoms in total. The summed E-state index contributed by atoms with van der Waals surface area (Å²) in [5, 5.41) is 3.18. The Balaban J connectivity index is 1.60. The van der Waals surface area contributed by atoms with E-state index >= 15 is 0 Å². The van der Waals surface area contributed by atoms with E-state index in [4.69, 9.17) is 4.74 Å². The van der Waals surface area contributed by atoms with E-state index in [0.717, 1.165) is 37.2 Å². The summed E-state index contributed by atoms with van der Waals surface area (Å²) in [6, 6.07) is 11.6. The van der Waals surface area contributed by atoms with Crippen LogP contribution in [-0.2, 0) is 13.1 Å². The zero-order valence-electron chi connectivity index (χ0n) is 14.9. The molecule has 0 atom stereocenters. The van der Waals surface area contributed by atoms with Crippen molar-refractivity contribution in [1.29, 1.82) is 0 Å². The van der Waals surface area contributed by atoms with Crippen molar-refractivity contribution in [3.05, 3.63) is 59.4 Å². The van der Waals surface area contributed by atoms with Crippen LogP contribution in [0.1, 0.15) is 24.0 Å². The number of benzene rings is 2. The average molecular weight is 382 g/mol. The molecule has 1 aliphatic rings. The van der Waals surface area contributed by atoms with Gasteiger partial charge < -0.3 is 15.0 Å². The zero-order chi connectivity index (χ0) is 19.3. The summed E-state index contributed by atoms with van der Waals surface area (Å²) in [6.45, 7) is 1.27. The van der Waals surface area contributed by atoms with Gasteiger partial charge in [0.25, 0.3) is 0 Å². The van der Waals surface area contributed by atoms with Crippen LogP contribution in [0.5, 0.6) is 5.75 Å². The number of hydrogen-bond donors (Lipinski definition) is 1. The molecule has 0 saturated carbocycles. The lowest BCUT2D eigenvalue weighted by Crippen LogP contribution is -2.22. The number of anilines is 1. The molecule has 2 aromatic rings. The van der Waals surface area contributed by atoms with Crippen molar-refractivity contribution in [3.63, 3.8) is 0 Å². The highest BCUT2D eigenvalue weighted by atomic mass is 19.4. The highest BCUT2D eigenvalue weighted by Gasteiger charge is 2.28. The molecule has 0 aromatic heterocycles. The number of rotatable bonds is 7. The Morgan fingerprint density at radius 1 is 1.00 bits per heavy atom. The van der Waals surface area contributed by atoms with Crippen LogP contribution >= 0.6 is 0 Å². The first-order valence-electron chi connectivity index (χ1n) is 8.94. The topological polar surface area (TPSA) is 24.5 Å². The van der Waals surface area contributed by atoms with Crippen molar-refractivity contribution in [1.82, 2.24) is 5.32 Å². The Hall–Kier alpha value is -2.28. The van der Waals surface area contributed by atoms with E-state index < -0.39 is 12.8 Å². The molecule has 1 saturated heterocycles. The van der Waals surface area contributed by atoms with E-state index in [9.17, 15) is 17.6 Å². The van der Waals surface area contributed by atoms with Gasteiger partial charge in [0.1, 0.15) is 11.6 Å². The summed E-state index contributed by atoms with van der Waals surface area (Å²) in [7, 11) is 0. The van der Waals surface area contributed by atoms with Crippen molar-refractivity contribution in [2.24, 2.45) is 0 Å². The van der Waals surface area contributed by atoms with E-state index in [1.807, 2.05) is 6.07 Å². The number of nitrogens with one attached hydrogen (secondary N) is 1. The largest absolute Gasteiger partial charge is 0.484 e. The fourth-order valence-electron chi connectivity index (χ4n) is 3.22. The van der Waals surface area contributed by atoms with Gasteiger partial charge in [0.15, 0.2) is 6.61 Å². The van der Waals surface area contributed by atoms with Crippen LogP contribution in [0, 0.1) is 5.82 Å². The Bertz CT molecular complexity index is 758. The molecule has 0 aliphatic carbocycles. The van der Waals surface area contributed by atoms with Crippen LogP contribution in [0.2, 0.25) is 0 Å². The van der Waals surface area contributed by atoms with Gasteiger partial charge in [-0.25, -0.2) is 4.39 Å². The summed E-state index contributed by atoms with van der Waals surface area (Å²) < 4.78 is 55.9. The number of halogens is 4. The normalized spacial score (nSPS) is 14.6. The molecule has 2 aromatic carbocycles. The summed E-state index contributed by atoms with van der Waals surface area (Å²) in [5.74, 6) is -0.0931. The number of alkyl halides is 3. The third-order valence-electron chi connectivity index (χ3n) is 4.47. The molecule has 0 bridgehead atoms.